The number of carbonyl (C=O) groups is 1. The van der Waals surface area contributed by atoms with Gasteiger partial charge >= 0.3 is 5.97 Å². The lowest BCUT2D eigenvalue weighted by molar-refractivity contribution is 0.0684. The van der Waals surface area contributed by atoms with Crippen LogP contribution in [-0.4, -0.2) is 33.2 Å². The number of aromatic nitrogens is 3. The highest BCUT2D eigenvalue weighted by Crippen LogP contribution is 2.22. The minimum Gasteiger partial charge on any atom is -0.476 e. The fraction of sp³-hybridized carbons (Fsp3) is 0.250. The maximum atomic E-state index is 11.1. The zero-order valence-electron chi connectivity index (χ0n) is 10.5. The first-order valence-corrected chi connectivity index (χ1v) is 6.37. The van der Waals surface area contributed by atoms with Crippen molar-refractivity contribution < 1.29 is 14.6 Å². The predicted octanol–water partition coefficient (Wildman–Crippen LogP) is 2.48. The molecule has 0 atom stereocenters. The molecule has 0 amide bonds. The minimum absolute atomic E-state index is 0.0901. The molecule has 1 heterocycles. The molecule has 0 aliphatic rings. The second kappa shape index (κ2) is 6.21. The molecular weight excluding hydrogens is 305 g/mol. The van der Waals surface area contributed by atoms with Crippen molar-refractivity contribution >= 4 is 29.2 Å². The summed E-state index contributed by atoms with van der Waals surface area (Å²) in [6, 6.07) is 5.04. The molecule has 1 aromatic carbocycles. The SMILES string of the molecule is COCc1c(C(=O)O)nnn1Cc1cc(Cl)ccc1Cl. The number of rotatable bonds is 5. The van der Waals surface area contributed by atoms with Crippen LogP contribution in [0.4, 0.5) is 0 Å². The zero-order valence-corrected chi connectivity index (χ0v) is 12.0. The highest BCUT2D eigenvalue weighted by atomic mass is 35.5. The Balaban J connectivity index is 2.38. The van der Waals surface area contributed by atoms with Gasteiger partial charge in [0.05, 0.1) is 18.8 Å². The third-order valence-corrected chi connectivity index (χ3v) is 3.25. The Bertz CT molecular complexity index is 643. The van der Waals surface area contributed by atoms with Crippen molar-refractivity contribution in [2.24, 2.45) is 0 Å². The fourth-order valence-corrected chi connectivity index (χ4v) is 2.10. The van der Waals surface area contributed by atoms with E-state index in [-0.39, 0.29) is 18.8 Å². The largest absolute Gasteiger partial charge is 0.476 e. The second-order valence-electron chi connectivity index (χ2n) is 4.02. The molecule has 20 heavy (non-hydrogen) atoms. The summed E-state index contributed by atoms with van der Waals surface area (Å²) >= 11 is 12.0. The Hall–Kier alpha value is -1.63. The Morgan fingerprint density at radius 2 is 2.20 bits per heavy atom. The van der Waals surface area contributed by atoms with Crippen LogP contribution in [0, 0.1) is 0 Å². The summed E-state index contributed by atoms with van der Waals surface area (Å²) in [7, 11) is 1.47. The predicted molar refractivity (Wildman–Crippen MR) is 73.3 cm³/mol. The molecule has 0 saturated heterocycles. The minimum atomic E-state index is -1.15. The summed E-state index contributed by atoms with van der Waals surface area (Å²) in [5.74, 6) is -1.15. The Morgan fingerprint density at radius 3 is 2.85 bits per heavy atom. The standard InChI is InChI=1S/C12H11Cl2N3O3/c1-20-6-10-11(12(18)19)15-16-17(10)5-7-4-8(13)2-3-9(7)14/h2-4H,5-6H2,1H3,(H,18,19). The molecule has 8 heteroatoms. The molecule has 106 valence electrons. The molecule has 1 N–H and O–H groups in total. The van der Waals surface area contributed by atoms with E-state index in [1.807, 2.05) is 0 Å². The number of halogens is 2. The average Bonchev–Trinajstić information content (AvgIpc) is 2.78. The first kappa shape index (κ1) is 14.8. The number of aromatic carboxylic acids is 1. The number of benzene rings is 1. The monoisotopic (exact) mass is 315 g/mol. The van der Waals surface area contributed by atoms with Crippen LogP contribution in [0.2, 0.25) is 10.0 Å². The van der Waals surface area contributed by atoms with Crippen molar-refractivity contribution in [1.82, 2.24) is 15.0 Å². The lowest BCUT2D eigenvalue weighted by Gasteiger charge is -2.08. The molecule has 0 fully saturated rings. The van der Waals surface area contributed by atoms with Gasteiger partial charge in [-0.3, -0.25) is 0 Å². The first-order valence-electron chi connectivity index (χ1n) is 5.61. The van der Waals surface area contributed by atoms with Crippen LogP contribution in [0.25, 0.3) is 0 Å². The third kappa shape index (κ3) is 3.09. The van der Waals surface area contributed by atoms with E-state index >= 15 is 0 Å². The molecule has 0 unspecified atom stereocenters. The molecule has 6 nitrogen and oxygen atoms in total. The van der Waals surface area contributed by atoms with E-state index in [4.69, 9.17) is 33.0 Å². The highest BCUT2D eigenvalue weighted by Gasteiger charge is 2.19. The number of ether oxygens (including phenoxy) is 1. The zero-order chi connectivity index (χ0) is 14.7. The number of carboxylic acids is 1. The molecule has 0 radical (unpaired) electrons. The number of nitrogens with zero attached hydrogens (tertiary/aromatic N) is 3. The van der Waals surface area contributed by atoms with Crippen LogP contribution in [0.3, 0.4) is 0 Å². The van der Waals surface area contributed by atoms with E-state index in [2.05, 4.69) is 10.3 Å². The Kier molecular flexibility index (Phi) is 4.59. The van der Waals surface area contributed by atoms with Crippen LogP contribution >= 0.6 is 23.2 Å². The van der Waals surface area contributed by atoms with Gasteiger partial charge in [0.2, 0.25) is 0 Å². The number of carboxylic acid groups (broad SMARTS) is 1. The molecule has 0 aliphatic carbocycles. The lowest BCUT2D eigenvalue weighted by atomic mass is 10.2. The Morgan fingerprint density at radius 1 is 1.45 bits per heavy atom. The van der Waals surface area contributed by atoms with Crippen molar-refractivity contribution in [3.8, 4) is 0 Å². The molecule has 0 aliphatic heterocycles. The van der Waals surface area contributed by atoms with Crippen LogP contribution < -0.4 is 0 Å². The van der Waals surface area contributed by atoms with Crippen molar-refractivity contribution in [2.45, 2.75) is 13.2 Å². The molecule has 0 spiro atoms. The van der Waals surface area contributed by atoms with Crippen LogP contribution in [0.1, 0.15) is 21.7 Å². The van der Waals surface area contributed by atoms with E-state index in [0.29, 0.717) is 15.7 Å². The smallest absolute Gasteiger partial charge is 0.358 e. The van der Waals surface area contributed by atoms with Crippen LogP contribution in [0.15, 0.2) is 18.2 Å². The van der Waals surface area contributed by atoms with E-state index in [1.165, 1.54) is 11.8 Å². The van der Waals surface area contributed by atoms with Gasteiger partial charge in [-0.2, -0.15) is 0 Å². The van der Waals surface area contributed by atoms with Gasteiger partial charge in [-0.15, -0.1) is 5.10 Å². The van der Waals surface area contributed by atoms with Gasteiger partial charge in [0.1, 0.15) is 0 Å². The fourth-order valence-electron chi connectivity index (χ4n) is 1.73. The van der Waals surface area contributed by atoms with Gasteiger partial charge in [0, 0.05) is 17.2 Å². The Labute approximate surface area is 124 Å². The highest BCUT2D eigenvalue weighted by molar-refractivity contribution is 6.33. The molecule has 2 aromatic rings. The maximum absolute atomic E-state index is 11.1. The lowest BCUT2D eigenvalue weighted by Crippen LogP contribution is -2.10. The summed E-state index contributed by atoms with van der Waals surface area (Å²) < 4.78 is 6.42. The van der Waals surface area contributed by atoms with E-state index < -0.39 is 5.97 Å². The molecular formula is C12H11Cl2N3O3. The van der Waals surface area contributed by atoms with Crippen molar-refractivity contribution in [1.29, 1.82) is 0 Å². The van der Waals surface area contributed by atoms with Crippen molar-refractivity contribution in [2.75, 3.05) is 7.11 Å². The van der Waals surface area contributed by atoms with E-state index in [9.17, 15) is 4.79 Å². The summed E-state index contributed by atoms with van der Waals surface area (Å²) in [4.78, 5) is 11.1. The van der Waals surface area contributed by atoms with E-state index in [1.54, 1.807) is 18.2 Å². The first-order chi connectivity index (χ1) is 9.52. The van der Waals surface area contributed by atoms with Gasteiger partial charge in [-0.1, -0.05) is 28.4 Å². The quantitative estimate of drug-likeness (QED) is 0.917. The van der Waals surface area contributed by atoms with Crippen molar-refractivity contribution in [3.05, 3.63) is 45.2 Å². The molecule has 2 rings (SSSR count). The second-order valence-corrected chi connectivity index (χ2v) is 4.86. The van der Waals surface area contributed by atoms with Gasteiger partial charge in [-0.05, 0) is 23.8 Å². The van der Waals surface area contributed by atoms with Gasteiger partial charge < -0.3 is 9.84 Å². The number of hydrogen-bond acceptors (Lipinski definition) is 4. The maximum Gasteiger partial charge on any atom is 0.358 e. The summed E-state index contributed by atoms with van der Waals surface area (Å²) in [5.41, 5.74) is 0.958. The van der Waals surface area contributed by atoms with Gasteiger partial charge in [0.25, 0.3) is 0 Å². The summed E-state index contributed by atoms with van der Waals surface area (Å²) in [6.07, 6.45) is 0. The normalized spacial score (nSPS) is 10.8. The molecule has 0 bridgehead atoms. The van der Waals surface area contributed by atoms with Crippen LogP contribution in [-0.2, 0) is 17.9 Å². The molecule has 0 saturated carbocycles. The summed E-state index contributed by atoms with van der Waals surface area (Å²) in [6.45, 7) is 0.352. The van der Waals surface area contributed by atoms with E-state index in [0.717, 1.165) is 5.56 Å². The van der Waals surface area contributed by atoms with Crippen LogP contribution in [0.5, 0.6) is 0 Å². The number of methoxy groups -OCH3 is 1. The average molecular weight is 316 g/mol. The number of hydrogen-bond donors (Lipinski definition) is 1. The molecule has 1 aromatic heterocycles. The van der Waals surface area contributed by atoms with Gasteiger partial charge in [0.15, 0.2) is 5.69 Å². The third-order valence-electron chi connectivity index (χ3n) is 2.65. The topological polar surface area (TPSA) is 77.2 Å². The summed E-state index contributed by atoms with van der Waals surface area (Å²) in [5, 5.41) is 17.6. The van der Waals surface area contributed by atoms with Crippen molar-refractivity contribution in [3.63, 3.8) is 0 Å². The van der Waals surface area contributed by atoms with Gasteiger partial charge in [-0.25, -0.2) is 9.48 Å².